The Hall–Kier alpha value is -2.25. The highest BCUT2D eigenvalue weighted by Gasteiger charge is 2.09. The molecule has 0 aliphatic heterocycles. The van der Waals surface area contributed by atoms with Gasteiger partial charge in [-0.05, 0) is 36.8 Å². The van der Waals surface area contributed by atoms with E-state index < -0.39 is 0 Å². The Kier molecular flexibility index (Phi) is 5.42. The lowest BCUT2D eigenvalue weighted by atomic mass is 10.2. The first kappa shape index (κ1) is 15.1. The van der Waals surface area contributed by atoms with E-state index in [0.717, 1.165) is 0 Å². The van der Waals surface area contributed by atoms with Crippen molar-refractivity contribution in [1.29, 1.82) is 5.26 Å². The van der Waals surface area contributed by atoms with Crippen LogP contribution in [0.2, 0.25) is 0 Å². The van der Waals surface area contributed by atoms with E-state index in [1.165, 1.54) is 5.56 Å². The van der Waals surface area contributed by atoms with Gasteiger partial charge in [-0.1, -0.05) is 30.3 Å². The predicted octanol–water partition coefficient (Wildman–Crippen LogP) is 3.99. The number of carbonyl (C=O) groups is 1. The summed E-state index contributed by atoms with van der Waals surface area (Å²) in [5.74, 6) is 0.364. The van der Waals surface area contributed by atoms with Crippen LogP contribution in [0.5, 0.6) is 0 Å². The largest absolute Gasteiger partial charge is 0.325 e. The first-order chi connectivity index (χ1) is 10.2. The molecule has 0 unspecified atom stereocenters. The minimum atomic E-state index is -0.0347. The highest BCUT2D eigenvalue weighted by atomic mass is 32.2. The van der Waals surface area contributed by atoms with Gasteiger partial charge in [0.1, 0.15) is 0 Å². The standard InChI is InChI=1S/C17H16N2OS/c1-13(15-5-3-2-4-6-15)21-12-17(20)19-16-9-7-14(11-18)8-10-16/h2-10,13H,12H2,1H3,(H,19,20)/t13-/m0/s1. The van der Waals surface area contributed by atoms with Crippen LogP contribution in [0.1, 0.15) is 23.3 Å². The van der Waals surface area contributed by atoms with E-state index in [9.17, 15) is 4.79 Å². The molecule has 0 aliphatic rings. The monoisotopic (exact) mass is 296 g/mol. The number of benzene rings is 2. The SMILES string of the molecule is C[C@H](SCC(=O)Nc1ccc(C#N)cc1)c1ccccc1. The summed E-state index contributed by atoms with van der Waals surface area (Å²) in [7, 11) is 0. The topological polar surface area (TPSA) is 52.9 Å². The average Bonchev–Trinajstić information content (AvgIpc) is 2.54. The third-order valence-corrected chi connectivity index (χ3v) is 4.23. The van der Waals surface area contributed by atoms with Gasteiger partial charge in [-0.25, -0.2) is 0 Å². The van der Waals surface area contributed by atoms with Crippen molar-refractivity contribution < 1.29 is 4.79 Å². The van der Waals surface area contributed by atoms with E-state index in [-0.39, 0.29) is 11.2 Å². The molecule has 0 heterocycles. The number of amides is 1. The van der Waals surface area contributed by atoms with E-state index >= 15 is 0 Å². The number of hydrogen-bond donors (Lipinski definition) is 1. The maximum absolute atomic E-state index is 11.9. The molecular weight excluding hydrogens is 280 g/mol. The molecule has 0 aliphatic carbocycles. The summed E-state index contributed by atoms with van der Waals surface area (Å²) in [6, 6.07) is 19.0. The summed E-state index contributed by atoms with van der Waals surface area (Å²) >= 11 is 1.60. The second-order valence-corrected chi connectivity index (χ2v) is 5.93. The second kappa shape index (κ2) is 7.51. The number of nitrogens with one attached hydrogen (secondary N) is 1. The van der Waals surface area contributed by atoms with Crippen LogP contribution in [-0.4, -0.2) is 11.7 Å². The molecule has 21 heavy (non-hydrogen) atoms. The first-order valence-corrected chi connectivity index (χ1v) is 7.70. The molecule has 1 amide bonds. The summed E-state index contributed by atoms with van der Waals surface area (Å²) in [5.41, 5.74) is 2.51. The van der Waals surface area contributed by atoms with E-state index in [1.807, 2.05) is 24.3 Å². The second-order valence-electron chi connectivity index (χ2n) is 4.60. The molecule has 0 radical (unpaired) electrons. The van der Waals surface area contributed by atoms with Crippen molar-refractivity contribution in [2.45, 2.75) is 12.2 Å². The van der Waals surface area contributed by atoms with Crippen LogP contribution in [-0.2, 0) is 4.79 Å². The number of nitrogens with zero attached hydrogens (tertiary/aromatic N) is 1. The number of hydrogen-bond acceptors (Lipinski definition) is 3. The van der Waals surface area contributed by atoms with Gasteiger partial charge in [-0.3, -0.25) is 4.79 Å². The summed E-state index contributed by atoms with van der Waals surface area (Å²) in [4.78, 5) is 11.9. The predicted molar refractivity (Wildman–Crippen MR) is 87.1 cm³/mol. The van der Waals surface area contributed by atoms with E-state index in [4.69, 9.17) is 5.26 Å². The summed E-state index contributed by atoms with van der Waals surface area (Å²) in [5, 5.41) is 11.8. The van der Waals surface area contributed by atoms with Gasteiger partial charge in [-0.2, -0.15) is 5.26 Å². The normalized spacial score (nSPS) is 11.4. The zero-order valence-corrected chi connectivity index (χ0v) is 12.6. The zero-order chi connectivity index (χ0) is 15.1. The quantitative estimate of drug-likeness (QED) is 0.907. The fourth-order valence-electron chi connectivity index (χ4n) is 1.85. The Balaban J connectivity index is 1.83. The van der Waals surface area contributed by atoms with Crippen LogP contribution in [0.15, 0.2) is 54.6 Å². The molecule has 4 heteroatoms. The van der Waals surface area contributed by atoms with Gasteiger partial charge < -0.3 is 5.32 Å². The Morgan fingerprint density at radius 3 is 2.48 bits per heavy atom. The third-order valence-electron chi connectivity index (χ3n) is 3.03. The van der Waals surface area contributed by atoms with Crippen LogP contribution in [0, 0.1) is 11.3 Å². The maximum Gasteiger partial charge on any atom is 0.234 e. The van der Waals surface area contributed by atoms with Gasteiger partial charge in [0.15, 0.2) is 0 Å². The molecule has 0 bridgehead atoms. The van der Waals surface area contributed by atoms with Gasteiger partial charge in [-0.15, -0.1) is 11.8 Å². The molecule has 0 aromatic heterocycles. The van der Waals surface area contributed by atoms with E-state index in [0.29, 0.717) is 17.0 Å². The van der Waals surface area contributed by atoms with Crippen LogP contribution in [0.25, 0.3) is 0 Å². The summed E-state index contributed by atoms with van der Waals surface area (Å²) < 4.78 is 0. The molecular formula is C17H16N2OS. The Morgan fingerprint density at radius 1 is 1.19 bits per heavy atom. The van der Waals surface area contributed by atoms with Crippen molar-refractivity contribution in [3.63, 3.8) is 0 Å². The molecule has 106 valence electrons. The molecule has 2 aromatic rings. The van der Waals surface area contributed by atoms with Gasteiger partial charge in [0.2, 0.25) is 5.91 Å². The highest BCUT2D eigenvalue weighted by Crippen LogP contribution is 2.27. The van der Waals surface area contributed by atoms with Crippen molar-refractivity contribution in [2.75, 3.05) is 11.1 Å². The molecule has 1 atom stereocenters. The van der Waals surface area contributed by atoms with E-state index in [1.54, 1.807) is 36.0 Å². The van der Waals surface area contributed by atoms with Crippen LogP contribution < -0.4 is 5.32 Å². The number of carbonyl (C=O) groups excluding carboxylic acids is 1. The smallest absolute Gasteiger partial charge is 0.234 e. The lowest BCUT2D eigenvalue weighted by Crippen LogP contribution is -2.14. The van der Waals surface area contributed by atoms with Gasteiger partial charge in [0.25, 0.3) is 0 Å². The molecule has 0 spiro atoms. The van der Waals surface area contributed by atoms with Gasteiger partial charge in [0, 0.05) is 10.9 Å². The van der Waals surface area contributed by atoms with Gasteiger partial charge >= 0.3 is 0 Å². The van der Waals surface area contributed by atoms with Crippen LogP contribution in [0.4, 0.5) is 5.69 Å². The molecule has 1 N–H and O–H groups in total. The lowest BCUT2D eigenvalue weighted by molar-refractivity contribution is -0.113. The Morgan fingerprint density at radius 2 is 1.86 bits per heavy atom. The van der Waals surface area contributed by atoms with Crippen LogP contribution in [0.3, 0.4) is 0 Å². The van der Waals surface area contributed by atoms with Crippen molar-refractivity contribution >= 4 is 23.4 Å². The first-order valence-electron chi connectivity index (χ1n) is 6.65. The fraction of sp³-hybridized carbons (Fsp3) is 0.176. The number of nitriles is 1. The minimum Gasteiger partial charge on any atom is -0.325 e. The molecule has 3 nitrogen and oxygen atoms in total. The zero-order valence-electron chi connectivity index (χ0n) is 11.7. The molecule has 2 rings (SSSR count). The molecule has 0 saturated heterocycles. The van der Waals surface area contributed by atoms with Gasteiger partial charge in [0.05, 0.1) is 17.4 Å². The maximum atomic E-state index is 11.9. The van der Waals surface area contributed by atoms with Crippen molar-refractivity contribution in [3.8, 4) is 6.07 Å². The molecule has 0 saturated carbocycles. The van der Waals surface area contributed by atoms with Crippen molar-refractivity contribution in [2.24, 2.45) is 0 Å². The lowest BCUT2D eigenvalue weighted by Gasteiger charge is -2.11. The average molecular weight is 296 g/mol. The number of thioether (sulfide) groups is 1. The van der Waals surface area contributed by atoms with Crippen molar-refractivity contribution in [3.05, 3.63) is 65.7 Å². The highest BCUT2D eigenvalue weighted by molar-refractivity contribution is 8.00. The fourth-order valence-corrected chi connectivity index (χ4v) is 2.67. The molecule has 2 aromatic carbocycles. The minimum absolute atomic E-state index is 0.0347. The van der Waals surface area contributed by atoms with Crippen molar-refractivity contribution in [1.82, 2.24) is 0 Å². The number of anilines is 1. The summed E-state index contributed by atoms with van der Waals surface area (Å²) in [6.07, 6.45) is 0. The Labute approximate surface area is 129 Å². The molecule has 0 fully saturated rings. The summed E-state index contributed by atoms with van der Waals surface area (Å²) in [6.45, 7) is 2.09. The van der Waals surface area contributed by atoms with E-state index in [2.05, 4.69) is 24.4 Å². The third kappa shape index (κ3) is 4.66. The Bertz CT molecular complexity index is 632. The number of rotatable bonds is 5. The van der Waals surface area contributed by atoms with Crippen LogP contribution >= 0.6 is 11.8 Å².